The Balaban J connectivity index is 2.34. The number of hydrogen-bond acceptors (Lipinski definition) is 2. The van der Waals surface area contributed by atoms with Gasteiger partial charge in [0.2, 0.25) is 0 Å². The number of nitrogens with two attached hydrogens (primary N) is 1. The average molecular weight is 247 g/mol. The molecule has 0 aromatic heterocycles. The van der Waals surface area contributed by atoms with E-state index in [0.717, 1.165) is 12.3 Å². The number of aryl methyl sites for hydroxylation is 2. The Morgan fingerprint density at radius 1 is 1.17 bits per heavy atom. The summed E-state index contributed by atoms with van der Waals surface area (Å²) in [6.45, 7) is 5.14. The van der Waals surface area contributed by atoms with Gasteiger partial charge in [0.25, 0.3) is 0 Å². The zero-order valence-electron chi connectivity index (χ0n) is 11.8. The minimum atomic E-state index is 0.647. The van der Waals surface area contributed by atoms with Crippen molar-refractivity contribution in [2.24, 2.45) is 11.7 Å². The van der Waals surface area contributed by atoms with Gasteiger partial charge in [-0.1, -0.05) is 18.9 Å². The van der Waals surface area contributed by atoms with Crippen LogP contribution in [0.3, 0.4) is 0 Å². The molecule has 0 bridgehead atoms. The summed E-state index contributed by atoms with van der Waals surface area (Å²) in [5.41, 5.74) is 10.0. The predicted molar refractivity (Wildman–Crippen MR) is 76.2 cm³/mol. The molecule has 2 unspecified atom stereocenters. The minimum absolute atomic E-state index is 0.647. The fourth-order valence-electron chi connectivity index (χ4n) is 3.33. The fourth-order valence-corrected chi connectivity index (χ4v) is 3.33. The van der Waals surface area contributed by atoms with Gasteiger partial charge < -0.3 is 10.5 Å². The van der Waals surface area contributed by atoms with E-state index in [1.165, 1.54) is 42.4 Å². The van der Waals surface area contributed by atoms with Gasteiger partial charge in [-0.3, -0.25) is 0 Å². The second kappa shape index (κ2) is 5.75. The van der Waals surface area contributed by atoms with E-state index in [9.17, 15) is 0 Å². The Morgan fingerprint density at radius 3 is 2.56 bits per heavy atom. The molecule has 1 saturated carbocycles. The van der Waals surface area contributed by atoms with Crippen LogP contribution in [0.1, 0.15) is 48.3 Å². The second-order valence-electron chi connectivity index (χ2n) is 5.57. The van der Waals surface area contributed by atoms with Crippen LogP contribution in [0.4, 0.5) is 0 Å². The Labute approximate surface area is 111 Å². The van der Waals surface area contributed by atoms with Crippen LogP contribution >= 0.6 is 0 Å². The Bertz CT molecular complexity index is 414. The molecule has 2 N–H and O–H groups in total. The van der Waals surface area contributed by atoms with Crippen LogP contribution in [0, 0.1) is 19.8 Å². The van der Waals surface area contributed by atoms with Crippen LogP contribution in [0.15, 0.2) is 12.1 Å². The summed E-state index contributed by atoms with van der Waals surface area (Å²) in [5, 5.41) is 0. The van der Waals surface area contributed by atoms with Crippen molar-refractivity contribution in [3.05, 3.63) is 28.8 Å². The predicted octanol–water partition coefficient (Wildman–Crippen LogP) is 3.54. The highest BCUT2D eigenvalue weighted by Gasteiger charge is 2.26. The van der Waals surface area contributed by atoms with Gasteiger partial charge in [0, 0.05) is 0 Å². The molecule has 2 nitrogen and oxygen atoms in total. The fraction of sp³-hybridized carbons (Fsp3) is 0.625. The Kier molecular flexibility index (Phi) is 4.28. The topological polar surface area (TPSA) is 35.2 Å². The Morgan fingerprint density at radius 2 is 1.89 bits per heavy atom. The lowest BCUT2D eigenvalue weighted by atomic mass is 9.74. The first-order valence-electron chi connectivity index (χ1n) is 7.02. The van der Waals surface area contributed by atoms with Crippen LogP contribution in [0.25, 0.3) is 0 Å². The molecule has 0 saturated heterocycles. The number of methoxy groups -OCH3 is 1. The molecule has 0 heterocycles. The highest BCUT2D eigenvalue weighted by molar-refractivity contribution is 5.43. The SMILES string of the molecule is COc1cc(C)c(C2CCCCC2CN)cc1C. The van der Waals surface area contributed by atoms with Gasteiger partial charge in [-0.2, -0.15) is 0 Å². The standard InChI is InChI=1S/C16H25NO/c1-11-9-16(18-3)12(2)8-15(11)14-7-5-4-6-13(14)10-17/h8-9,13-14H,4-7,10,17H2,1-3H3. The van der Waals surface area contributed by atoms with Crippen molar-refractivity contribution < 1.29 is 4.74 Å². The van der Waals surface area contributed by atoms with Crippen LogP contribution in [0.5, 0.6) is 5.75 Å². The van der Waals surface area contributed by atoms with Crippen LogP contribution in [-0.2, 0) is 0 Å². The van der Waals surface area contributed by atoms with Crippen molar-refractivity contribution in [2.75, 3.05) is 13.7 Å². The van der Waals surface area contributed by atoms with Crippen molar-refractivity contribution in [3.8, 4) is 5.75 Å². The zero-order valence-corrected chi connectivity index (χ0v) is 11.8. The molecule has 2 atom stereocenters. The smallest absolute Gasteiger partial charge is 0.122 e. The summed E-state index contributed by atoms with van der Waals surface area (Å²) >= 11 is 0. The average Bonchev–Trinajstić information content (AvgIpc) is 2.41. The summed E-state index contributed by atoms with van der Waals surface area (Å²) in [7, 11) is 1.74. The Hall–Kier alpha value is -1.02. The van der Waals surface area contributed by atoms with Crippen molar-refractivity contribution in [3.63, 3.8) is 0 Å². The third kappa shape index (κ3) is 2.54. The summed E-state index contributed by atoms with van der Waals surface area (Å²) in [5.74, 6) is 2.30. The number of benzene rings is 1. The number of rotatable bonds is 3. The van der Waals surface area contributed by atoms with Gasteiger partial charge in [0.05, 0.1) is 7.11 Å². The van der Waals surface area contributed by atoms with E-state index >= 15 is 0 Å². The number of hydrogen-bond donors (Lipinski definition) is 1. The molecule has 1 aliphatic carbocycles. The second-order valence-corrected chi connectivity index (χ2v) is 5.57. The maximum Gasteiger partial charge on any atom is 0.122 e. The highest BCUT2D eigenvalue weighted by Crippen LogP contribution is 2.40. The quantitative estimate of drug-likeness (QED) is 0.886. The molecule has 0 spiro atoms. The van der Waals surface area contributed by atoms with E-state index in [-0.39, 0.29) is 0 Å². The maximum absolute atomic E-state index is 5.95. The third-order valence-electron chi connectivity index (χ3n) is 4.39. The molecule has 2 rings (SSSR count). The molecule has 1 aromatic rings. The van der Waals surface area contributed by atoms with Gasteiger partial charge in [0.15, 0.2) is 0 Å². The van der Waals surface area contributed by atoms with Gasteiger partial charge in [-0.05, 0) is 67.8 Å². The largest absolute Gasteiger partial charge is 0.496 e. The molecule has 2 heteroatoms. The van der Waals surface area contributed by atoms with Gasteiger partial charge in [-0.25, -0.2) is 0 Å². The van der Waals surface area contributed by atoms with Crippen LogP contribution in [0.2, 0.25) is 0 Å². The molecular formula is C16H25NO. The zero-order chi connectivity index (χ0) is 13.1. The number of ether oxygens (including phenoxy) is 1. The van der Waals surface area contributed by atoms with Gasteiger partial charge in [0.1, 0.15) is 5.75 Å². The lowest BCUT2D eigenvalue weighted by Gasteiger charge is -2.32. The monoisotopic (exact) mass is 247 g/mol. The van der Waals surface area contributed by atoms with E-state index in [1.54, 1.807) is 7.11 Å². The van der Waals surface area contributed by atoms with Crippen molar-refractivity contribution in [2.45, 2.75) is 45.4 Å². The maximum atomic E-state index is 5.95. The molecule has 0 amide bonds. The first-order valence-corrected chi connectivity index (χ1v) is 7.02. The molecule has 1 fully saturated rings. The van der Waals surface area contributed by atoms with Crippen molar-refractivity contribution in [1.29, 1.82) is 0 Å². The molecule has 0 radical (unpaired) electrons. The van der Waals surface area contributed by atoms with Gasteiger partial charge in [-0.15, -0.1) is 0 Å². The molecule has 18 heavy (non-hydrogen) atoms. The van der Waals surface area contributed by atoms with E-state index in [0.29, 0.717) is 11.8 Å². The molecule has 1 aromatic carbocycles. The van der Waals surface area contributed by atoms with E-state index in [2.05, 4.69) is 26.0 Å². The van der Waals surface area contributed by atoms with Crippen LogP contribution in [-0.4, -0.2) is 13.7 Å². The summed E-state index contributed by atoms with van der Waals surface area (Å²) in [4.78, 5) is 0. The van der Waals surface area contributed by atoms with Crippen molar-refractivity contribution >= 4 is 0 Å². The lowest BCUT2D eigenvalue weighted by molar-refractivity contribution is 0.313. The molecule has 100 valence electrons. The van der Waals surface area contributed by atoms with E-state index in [4.69, 9.17) is 10.5 Å². The van der Waals surface area contributed by atoms with Gasteiger partial charge >= 0.3 is 0 Å². The summed E-state index contributed by atoms with van der Waals surface area (Å²) in [6, 6.07) is 4.49. The molecular weight excluding hydrogens is 222 g/mol. The first kappa shape index (κ1) is 13.4. The first-order chi connectivity index (χ1) is 8.67. The minimum Gasteiger partial charge on any atom is -0.496 e. The van der Waals surface area contributed by atoms with E-state index < -0.39 is 0 Å². The summed E-state index contributed by atoms with van der Waals surface area (Å²) < 4.78 is 5.40. The van der Waals surface area contributed by atoms with E-state index in [1.807, 2.05) is 0 Å². The highest BCUT2D eigenvalue weighted by atomic mass is 16.5. The van der Waals surface area contributed by atoms with Crippen LogP contribution < -0.4 is 10.5 Å². The molecule has 1 aliphatic rings. The van der Waals surface area contributed by atoms with Crippen molar-refractivity contribution in [1.82, 2.24) is 0 Å². The lowest BCUT2D eigenvalue weighted by Crippen LogP contribution is -2.25. The molecule has 0 aliphatic heterocycles. The normalized spacial score (nSPS) is 24.0. The summed E-state index contributed by atoms with van der Waals surface area (Å²) in [6.07, 6.45) is 5.25. The third-order valence-corrected chi connectivity index (χ3v) is 4.39.